The topological polar surface area (TPSA) is 32.8 Å². The van der Waals surface area contributed by atoms with Crippen LogP contribution < -0.4 is 0 Å². The monoisotopic (exact) mass is 252 g/mol. The number of nitrogens with zero attached hydrogens (tertiary/aromatic N) is 2. The number of morpholine rings is 1. The summed E-state index contributed by atoms with van der Waals surface area (Å²) in [5, 5.41) is 0. The van der Waals surface area contributed by atoms with Gasteiger partial charge >= 0.3 is 6.03 Å². The summed E-state index contributed by atoms with van der Waals surface area (Å²) in [7, 11) is 0. The molecule has 3 aliphatic rings. The van der Waals surface area contributed by atoms with Gasteiger partial charge in [-0.1, -0.05) is 6.92 Å². The molecule has 3 rings (SSSR count). The van der Waals surface area contributed by atoms with Gasteiger partial charge in [0.15, 0.2) is 0 Å². The van der Waals surface area contributed by atoms with Gasteiger partial charge in [-0.05, 0) is 38.0 Å². The average Bonchev–Trinajstić information content (AvgIpc) is 2.86. The van der Waals surface area contributed by atoms with Crippen LogP contribution in [0.2, 0.25) is 0 Å². The van der Waals surface area contributed by atoms with E-state index in [4.69, 9.17) is 4.74 Å². The van der Waals surface area contributed by atoms with Gasteiger partial charge in [-0.3, -0.25) is 0 Å². The number of urea groups is 1. The lowest BCUT2D eigenvalue weighted by molar-refractivity contribution is -0.0446. The first-order valence-electron chi connectivity index (χ1n) is 7.43. The van der Waals surface area contributed by atoms with Gasteiger partial charge in [-0.15, -0.1) is 0 Å². The Morgan fingerprint density at radius 2 is 2.06 bits per heavy atom. The van der Waals surface area contributed by atoms with Crippen LogP contribution in [0.5, 0.6) is 0 Å². The first-order chi connectivity index (χ1) is 8.75. The largest absolute Gasteiger partial charge is 0.374 e. The maximum atomic E-state index is 12.6. The van der Waals surface area contributed by atoms with Gasteiger partial charge in [0.2, 0.25) is 0 Å². The van der Waals surface area contributed by atoms with Crippen LogP contribution in [-0.4, -0.2) is 54.2 Å². The van der Waals surface area contributed by atoms with Gasteiger partial charge in [-0.2, -0.15) is 0 Å². The second-order valence-electron chi connectivity index (χ2n) is 6.08. The van der Waals surface area contributed by atoms with Crippen LogP contribution in [0.25, 0.3) is 0 Å². The Morgan fingerprint density at radius 1 is 1.17 bits per heavy atom. The van der Waals surface area contributed by atoms with Crippen molar-refractivity contribution in [2.24, 2.45) is 5.92 Å². The first-order valence-corrected chi connectivity index (χ1v) is 7.43. The number of ether oxygens (including phenoxy) is 1. The Kier molecular flexibility index (Phi) is 3.46. The molecule has 102 valence electrons. The predicted octanol–water partition coefficient (Wildman–Crippen LogP) is 2.09. The quantitative estimate of drug-likeness (QED) is 0.661. The molecule has 2 saturated heterocycles. The van der Waals surface area contributed by atoms with E-state index in [2.05, 4.69) is 16.7 Å². The van der Waals surface area contributed by atoms with Crippen molar-refractivity contribution in [2.75, 3.05) is 26.2 Å². The van der Waals surface area contributed by atoms with E-state index in [1.807, 2.05) is 0 Å². The summed E-state index contributed by atoms with van der Waals surface area (Å²) in [5.74, 6) is 0.656. The molecule has 18 heavy (non-hydrogen) atoms. The number of carbonyl (C=O) groups is 1. The van der Waals surface area contributed by atoms with Crippen LogP contribution in [0, 0.1) is 5.92 Å². The van der Waals surface area contributed by atoms with Crippen molar-refractivity contribution in [3.8, 4) is 0 Å². The van der Waals surface area contributed by atoms with E-state index in [1.165, 1.54) is 12.8 Å². The van der Waals surface area contributed by atoms with Crippen LogP contribution >= 0.6 is 0 Å². The molecule has 1 saturated carbocycles. The lowest BCUT2D eigenvalue weighted by atomic mass is 10.0. The fraction of sp³-hybridized carbons (Fsp3) is 0.929. The van der Waals surface area contributed by atoms with Gasteiger partial charge in [0.25, 0.3) is 0 Å². The molecule has 4 heteroatoms. The minimum atomic E-state index is 0.266. The molecule has 1 aliphatic carbocycles. The third kappa shape index (κ3) is 2.22. The molecule has 3 unspecified atom stereocenters. The predicted molar refractivity (Wildman–Crippen MR) is 69.5 cm³/mol. The van der Waals surface area contributed by atoms with Gasteiger partial charge in [0.05, 0.1) is 18.8 Å². The number of hydrogen-bond donors (Lipinski definition) is 0. The van der Waals surface area contributed by atoms with E-state index in [1.54, 1.807) is 0 Å². The molecule has 0 N–H and O–H groups in total. The molecular weight excluding hydrogens is 228 g/mol. The molecular formula is C14H24N2O2. The van der Waals surface area contributed by atoms with E-state index in [0.717, 1.165) is 45.5 Å². The summed E-state index contributed by atoms with van der Waals surface area (Å²) in [6.07, 6.45) is 6.19. The highest BCUT2D eigenvalue weighted by molar-refractivity contribution is 5.75. The maximum absolute atomic E-state index is 12.6. The zero-order valence-electron chi connectivity index (χ0n) is 11.3. The Balaban J connectivity index is 1.67. The van der Waals surface area contributed by atoms with Gasteiger partial charge < -0.3 is 14.5 Å². The van der Waals surface area contributed by atoms with Crippen molar-refractivity contribution in [3.05, 3.63) is 0 Å². The number of likely N-dealkylation sites (tertiary alicyclic amines) is 1. The molecule has 0 bridgehead atoms. The molecule has 2 heterocycles. The summed E-state index contributed by atoms with van der Waals surface area (Å²) >= 11 is 0. The summed E-state index contributed by atoms with van der Waals surface area (Å²) in [4.78, 5) is 16.8. The van der Waals surface area contributed by atoms with Crippen molar-refractivity contribution < 1.29 is 9.53 Å². The summed E-state index contributed by atoms with van der Waals surface area (Å²) in [6, 6.07) is 0.616. The summed E-state index contributed by atoms with van der Waals surface area (Å²) < 4.78 is 5.78. The fourth-order valence-electron chi connectivity index (χ4n) is 3.71. The highest BCUT2D eigenvalue weighted by Crippen LogP contribution is 2.31. The van der Waals surface area contributed by atoms with Crippen molar-refractivity contribution in [1.29, 1.82) is 0 Å². The molecule has 3 fully saturated rings. The van der Waals surface area contributed by atoms with E-state index >= 15 is 0 Å². The van der Waals surface area contributed by atoms with Crippen LogP contribution in [0.1, 0.15) is 39.0 Å². The zero-order valence-corrected chi connectivity index (χ0v) is 11.3. The number of amides is 2. The Labute approximate surface area is 109 Å². The maximum Gasteiger partial charge on any atom is 0.320 e. The minimum absolute atomic E-state index is 0.266. The minimum Gasteiger partial charge on any atom is -0.374 e. The third-order valence-electron chi connectivity index (χ3n) is 4.66. The molecule has 0 spiro atoms. The molecule has 0 aromatic rings. The number of piperidine rings is 1. The van der Waals surface area contributed by atoms with Crippen LogP contribution in [0.15, 0.2) is 0 Å². The molecule has 4 nitrogen and oxygen atoms in total. The average molecular weight is 252 g/mol. The molecule has 0 aromatic carbocycles. The molecule has 3 atom stereocenters. The van der Waals surface area contributed by atoms with Crippen molar-refractivity contribution in [3.63, 3.8) is 0 Å². The lowest BCUT2D eigenvalue weighted by Crippen LogP contribution is -2.56. The SMILES string of the molecule is CC1CCCN(C(=O)N2CCOC3CCCC32)C1. The highest BCUT2D eigenvalue weighted by atomic mass is 16.5. The van der Waals surface area contributed by atoms with Gasteiger partial charge in [0, 0.05) is 19.6 Å². The molecule has 0 aromatic heterocycles. The highest BCUT2D eigenvalue weighted by Gasteiger charge is 2.40. The van der Waals surface area contributed by atoms with Crippen molar-refractivity contribution in [1.82, 2.24) is 9.80 Å². The third-order valence-corrected chi connectivity index (χ3v) is 4.66. The standard InChI is InChI=1S/C14H24N2O2/c1-11-4-3-7-15(10-11)14(17)16-8-9-18-13-6-2-5-12(13)16/h11-13H,2-10H2,1H3. The Hall–Kier alpha value is -0.770. The van der Waals surface area contributed by atoms with E-state index in [-0.39, 0.29) is 6.03 Å². The second kappa shape index (κ2) is 5.08. The Bertz CT molecular complexity index is 321. The van der Waals surface area contributed by atoms with Gasteiger partial charge in [0.1, 0.15) is 0 Å². The molecule has 2 amide bonds. The van der Waals surface area contributed by atoms with Crippen molar-refractivity contribution >= 4 is 6.03 Å². The van der Waals surface area contributed by atoms with Crippen molar-refractivity contribution in [2.45, 2.75) is 51.2 Å². The zero-order chi connectivity index (χ0) is 12.5. The van der Waals surface area contributed by atoms with Crippen LogP contribution in [-0.2, 0) is 4.74 Å². The second-order valence-corrected chi connectivity index (χ2v) is 6.08. The number of carbonyl (C=O) groups excluding carboxylic acids is 1. The summed E-state index contributed by atoms with van der Waals surface area (Å²) in [5.41, 5.74) is 0. The molecule has 0 radical (unpaired) electrons. The first kappa shape index (κ1) is 12.3. The fourth-order valence-corrected chi connectivity index (χ4v) is 3.71. The summed E-state index contributed by atoms with van der Waals surface area (Å²) in [6.45, 7) is 5.63. The van der Waals surface area contributed by atoms with Gasteiger partial charge in [-0.25, -0.2) is 4.79 Å². The Morgan fingerprint density at radius 3 is 2.89 bits per heavy atom. The van der Waals surface area contributed by atoms with Crippen LogP contribution in [0.4, 0.5) is 4.79 Å². The van der Waals surface area contributed by atoms with E-state index < -0.39 is 0 Å². The number of hydrogen-bond acceptors (Lipinski definition) is 2. The van der Waals surface area contributed by atoms with Crippen LogP contribution in [0.3, 0.4) is 0 Å². The van der Waals surface area contributed by atoms with E-state index in [0.29, 0.717) is 18.1 Å². The molecule has 2 aliphatic heterocycles. The smallest absolute Gasteiger partial charge is 0.320 e. The lowest BCUT2D eigenvalue weighted by Gasteiger charge is -2.42. The number of rotatable bonds is 0. The number of fused-ring (bicyclic) bond motifs is 1. The van der Waals surface area contributed by atoms with E-state index in [9.17, 15) is 4.79 Å². The normalized spacial score (nSPS) is 36.6.